The molecule has 0 spiro atoms. The molecule has 0 aliphatic carbocycles. The predicted molar refractivity (Wildman–Crippen MR) is 88.0 cm³/mol. The molecule has 0 aliphatic heterocycles. The molecule has 6 nitrogen and oxygen atoms in total. The van der Waals surface area contributed by atoms with Gasteiger partial charge in [-0.2, -0.15) is 0 Å². The van der Waals surface area contributed by atoms with E-state index in [0.29, 0.717) is 13.1 Å². The Labute approximate surface area is 134 Å². The number of para-hydroxylation sites is 2. The summed E-state index contributed by atoms with van der Waals surface area (Å²) in [5.41, 5.74) is 2.03. The van der Waals surface area contributed by atoms with Crippen LogP contribution in [-0.4, -0.2) is 34.5 Å². The van der Waals surface area contributed by atoms with E-state index in [2.05, 4.69) is 15.3 Å². The van der Waals surface area contributed by atoms with Gasteiger partial charge in [-0.15, -0.1) is 0 Å². The number of H-pyrrole nitrogens is 1. The van der Waals surface area contributed by atoms with E-state index in [9.17, 15) is 4.79 Å². The number of carbonyl (C=O) groups is 1. The number of imidazole rings is 1. The third kappa shape index (κ3) is 3.91. The van der Waals surface area contributed by atoms with Gasteiger partial charge in [-0.3, -0.25) is 0 Å². The van der Waals surface area contributed by atoms with Gasteiger partial charge >= 0.3 is 6.03 Å². The zero-order valence-corrected chi connectivity index (χ0v) is 13.1. The molecule has 0 saturated carbocycles. The Kier molecular flexibility index (Phi) is 4.61. The Bertz CT molecular complexity index is 731. The van der Waals surface area contributed by atoms with Crippen molar-refractivity contribution in [3.8, 4) is 0 Å². The summed E-state index contributed by atoms with van der Waals surface area (Å²) in [6.07, 6.45) is 3.26. The van der Waals surface area contributed by atoms with Crippen LogP contribution in [-0.2, 0) is 13.0 Å². The maximum absolute atomic E-state index is 12.0. The van der Waals surface area contributed by atoms with Crippen LogP contribution in [0.1, 0.15) is 18.0 Å². The number of hydrogen-bond donors (Lipinski definition) is 2. The summed E-state index contributed by atoms with van der Waals surface area (Å²) < 4.78 is 5.19. The Morgan fingerprint density at radius 2 is 2.17 bits per heavy atom. The van der Waals surface area contributed by atoms with Crippen LogP contribution in [0.3, 0.4) is 0 Å². The zero-order chi connectivity index (χ0) is 16.1. The molecule has 2 N–H and O–H groups in total. The molecular formula is C17H20N4O2. The number of nitrogens with one attached hydrogen (secondary N) is 2. The summed E-state index contributed by atoms with van der Waals surface area (Å²) in [6, 6.07) is 11.5. The summed E-state index contributed by atoms with van der Waals surface area (Å²) in [5, 5.41) is 2.82. The molecule has 2 aromatic heterocycles. The Morgan fingerprint density at radius 1 is 1.30 bits per heavy atom. The number of amides is 2. The van der Waals surface area contributed by atoms with Gasteiger partial charge < -0.3 is 19.6 Å². The summed E-state index contributed by atoms with van der Waals surface area (Å²) in [7, 11) is 1.79. The fourth-order valence-electron chi connectivity index (χ4n) is 2.42. The van der Waals surface area contributed by atoms with Crippen molar-refractivity contribution in [2.75, 3.05) is 13.6 Å². The van der Waals surface area contributed by atoms with Gasteiger partial charge in [0.25, 0.3) is 0 Å². The number of urea groups is 1. The molecular weight excluding hydrogens is 292 g/mol. The quantitative estimate of drug-likeness (QED) is 0.735. The maximum atomic E-state index is 12.0. The van der Waals surface area contributed by atoms with Crippen molar-refractivity contribution < 1.29 is 9.21 Å². The molecule has 1 aromatic carbocycles. The summed E-state index contributed by atoms with van der Waals surface area (Å²) >= 11 is 0. The van der Waals surface area contributed by atoms with Crippen molar-refractivity contribution in [2.24, 2.45) is 0 Å². The van der Waals surface area contributed by atoms with Crippen molar-refractivity contribution in [3.05, 3.63) is 54.2 Å². The van der Waals surface area contributed by atoms with Crippen LogP contribution in [0.25, 0.3) is 11.0 Å². The smallest absolute Gasteiger partial charge is 0.317 e. The predicted octanol–water partition coefficient (Wildman–Crippen LogP) is 2.93. The van der Waals surface area contributed by atoms with E-state index in [0.717, 1.165) is 35.5 Å². The molecule has 2 amide bonds. The molecule has 0 aliphatic rings. The van der Waals surface area contributed by atoms with Gasteiger partial charge in [0, 0.05) is 20.0 Å². The fourth-order valence-corrected chi connectivity index (χ4v) is 2.42. The lowest BCUT2D eigenvalue weighted by Crippen LogP contribution is -2.37. The normalized spacial score (nSPS) is 10.8. The van der Waals surface area contributed by atoms with Crippen LogP contribution in [0.15, 0.2) is 47.1 Å². The first-order chi connectivity index (χ1) is 11.2. The van der Waals surface area contributed by atoms with Gasteiger partial charge in [-0.25, -0.2) is 9.78 Å². The van der Waals surface area contributed by atoms with Crippen LogP contribution < -0.4 is 5.32 Å². The topological polar surface area (TPSA) is 74.2 Å². The maximum Gasteiger partial charge on any atom is 0.317 e. The van der Waals surface area contributed by atoms with Crippen LogP contribution >= 0.6 is 0 Å². The van der Waals surface area contributed by atoms with Crippen molar-refractivity contribution in [3.63, 3.8) is 0 Å². The second-order valence-electron chi connectivity index (χ2n) is 5.46. The molecule has 0 unspecified atom stereocenters. The van der Waals surface area contributed by atoms with Crippen molar-refractivity contribution in [2.45, 2.75) is 19.4 Å². The number of carbonyl (C=O) groups excluding carboxylic acids is 1. The average molecular weight is 312 g/mol. The highest BCUT2D eigenvalue weighted by Crippen LogP contribution is 2.11. The lowest BCUT2D eigenvalue weighted by Gasteiger charge is -2.17. The molecule has 2 heterocycles. The molecule has 3 rings (SSSR count). The largest absolute Gasteiger partial charge is 0.467 e. The number of aromatic nitrogens is 2. The number of furan rings is 1. The first kappa shape index (κ1) is 15.1. The van der Waals surface area contributed by atoms with E-state index in [1.807, 2.05) is 30.3 Å². The third-order valence-electron chi connectivity index (χ3n) is 3.69. The van der Waals surface area contributed by atoms with Gasteiger partial charge in [0.05, 0.1) is 23.8 Å². The highest BCUT2D eigenvalue weighted by Gasteiger charge is 2.09. The second-order valence-corrected chi connectivity index (χ2v) is 5.46. The number of rotatable bonds is 6. The number of hydrogen-bond acceptors (Lipinski definition) is 3. The van der Waals surface area contributed by atoms with Crippen molar-refractivity contribution in [1.82, 2.24) is 20.2 Å². The second kappa shape index (κ2) is 7.00. The van der Waals surface area contributed by atoms with Gasteiger partial charge in [0.2, 0.25) is 0 Å². The molecule has 6 heteroatoms. The molecule has 3 aromatic rings. The number of benzene rings is 1. The van der Waals surface area contributed by atoms with Gasteiger partial charge in [0.15, 0.2) is 0 Å². The molecule has 0 radical (unpaired) electrons. The molecule has 0 fully saturated rings. The highest BCUT2D eigenvalue weighted by molar-refractivity contribution is 5.75. The van der Waals surface area contributed by atoms with Crippen LogP contribution in [0.5, 0.6) is 0 Å². The van der Waals surface area contributed by atoms with E-state index in [1.165, 1.54) is 0 Å². The fraction of sp³-hybridized carbons (Fsp3) is 0.294. The number of fused-ring (bicyclic) bond motifs is 1. The monoisotopic (exact) mass is 312 g/mol. The van der Waals surface area contributed by atoms with E-state index < -0.39 is 0 Å². The van der Waals surface area contributed by atoms with E-state index in [-0.39, 0.29) is 6.03 Å². The Morgan fingerprint density at radius 3 is 2.96 bits per heavy atom. The average Bonchev–Trinajstić information content (AvgIpc) is 3.21. The van der Waals surface area contributed by atoms with Gasteiger partial charge in [0.1, 0.15) is 11.6 Å². The van der Waals surface area contributed by atoms with E-state index in [4.69, 9.17) is 4.42 Å². The van der Waals surface area contributed by atoms with Crippen LogP contribution in [0.2, 0.25) is 0 Å². The van der Waals surface area contributed by atoms with Crippen molar-refractivity contribution >= 4 is 17.1 Å². The standard InChI is InChI=1S/C17H20N4O2/c1-21(17(22)18-12-13-6-5-11-23-13)10-4-9-16-19-14-7-2-3-8-15(14)20-16/h2-3,5-8,11H,4,9-10,12H2,1H3,(H,18,22)(H,19,20). The number of nitrogens with zero attached hydrogens (tertiary/aromatic N) is 2. The molecule has 23 heavy (non-hydrogen) atoms. The first-order valence-corrected chi connectivity index (χ1v) is 7.67. The SMILES string of the molecule is CN(CCCc1nc2ccccc2[nH]1)C(=O)NCc1ccco1. The van der Waals surface area contributed by atoms with Gasteiger partial charge in [-0.05, 0) is 30.7 Å². The molecule has 0 bridgehead atoms. The lowest BCUT2D eigenvalue weighted by molar-refractivity contribution is 0.207. The van der Waals surface area contributed by atoms with E-state index in [1.54, 1.807) is 24.3 Å². The third-order valence-corrected chi connectivity index (χ3v) is 3.69. The number of aromatic amines is 1. The summed E-state index contributed by atoms with van der Waals surface area (Å²) in [6.45, 7) is 1.07. The molecule has 0 atom stereocenters. The number of aryl methyl sites for hydroxylation is 1. The summed E-state index contributed by atoms with van der Waals surface area (Å²) in [4.78, 5) is 21.5. The van der Waals surface area contributed by atoms with Crippen LogP contribution in [0, 0.1) is 0 Å². The zero-order valence-electron chi connectivity index (χ0n) is 13.1. The Hall–Kier alpha value is -2.76. The lowest BCUT2D eigenvalue weighted by atomic mass is 10.3. The summed E-state index contributed by atoms with van der Waals surface area (Å²) in [5.74, 6) is 1.70. The highest BCUT2D eigenvalue weighted by atomic mass is 16.3. The first-order valence-electron chi connectivity index (χ1n) is 7.67. The van der Waals surface area contributed by atoms with Gasteiger partial charge in [-0.1, -0.05) is 12.1 Å². The molecule has 120 valence electrons. The van der Waals surface area contributed by atoms with Crippen LogP contribution in [0.4, 0.5) is 4.79 Å². The minimum Gasteiger partial charge on any atom is -0.467 e. The van der Waals surface area contributed by atoms with E-state index >= 15 is 0 Å². The van der Waals surface area contributed by atoms with Crippen molar-refractivity contribution in [1.29, 1.82) is 0 Å². The molecule has 0 saturated heterocycles. The minimum absolute atomic E-state index is 0.106. The minimum atomic E-state index is -0.106. The Balaban J connectivity index is 1.43.